The second-order valence-corrected chi connectivity index (χ2v) is 11.2. The van der Waals surface area contributed by atoms with Crippen LogP contribution in [0.3, 0.4) is 0 Å². The molecule has 0 fully saturated rings. The Morgan fingerprint density at radius 3 is 1.21 bits per heavy atom. The van der Waals surface area contributed by atoms with Crippen molar-refractivity contribution in [3.63, 3.8) is 0 Å². The molecule has 0 aliphatic carbocycles. The summed E-state index contributed by atoms with van der Waals surface area (Å²) in [6, 6.07) is 0. The molecule has 0 N–H and O–H groups in total. The summed E-state index contributed by atoms with van der Waals surface area (Å²) in [5.74, 6) is 0. The second kappa shape index (κ2) is 24.1. The SMILES string of the molecule is CCCCCCCCCCCCCCCCCCCC1N(C)C=CN1CCCCCCCCC. The first-order valence-corrected chi connectivity index (χ1v) is 16.0. The molecular weight excluding hydrogens is 412 g/mol. The molecule has 0 amide bonds. The van der Waals surface area contributed by atoms with Crippen LogP contribution in [0.5, 0.6) is 0 Å². The van der Waals surface area contributed by atoms with Crippen LogP contribution in [0.1, 0.15) is 174 Å². The molecule has 0 aromatic heterocycles. The molecule has 0 saturated carbocycles. The van der Waals surface area contributed by atoms with E-state index in [-0.39, 0.29) is 0 Å². The van der Waals surface area contributed by atoms with Crippen molar-refractivity contribution in [2.75, 3.05) is 13.6 Å². The number of rotatable bonds is 26. The zero-order chi connectivity index (χ0) is 24.5. The van der Waals surface area contributed by atoms with Gasteiger partial charge in [-0.15, -0.1) is 0 Å². The van der Waals surface area contributed by atoms with Gasteiger partial charge in [0.25, 0.3) is 0 Å². The summed E-state index contributed by atoms with van der Waals surface area (Å²) in [7, 11) is 2.26. The van der Waals surface area contributed by atoms with Gasteiger partial charge in [-0.1, -0.05) is 155 Å². The highest BCUT2D eigenvalue weighted by Gasteiger charge is 2.22. The highest BCUT2D eigenvalue weighted by molar-refractivity contribution is 4.95. The zero-order valence-corrected chi connectivity index (χ0v) is 24.0. The maximum absolute atomic E-state index is 2.61. The minimum Gasteiger partial charge on any atom is -0.359 e. The minimum atomic E-state index is 0.622. The van der Waals surface area contributed by atoms with E-state index >= 15 is 0 Å². The maximum Gasteiger partial charge on any atom is 0.100 e. The van der Waals surface area contributed by atoms with Crippen molar-refractivity contribution in [1.29, 1.82) is 0 Å². The fourth-order valence-electron chi connectivity index (χ4n) is 5.52. The molecule has 0 bridgehead atoms. The van der Waals surface area contributed by atoms with Gasteiger partial charge in [-0.3, -0.25) is 0 Å². The van der Waals surface area contributed by atoms with Crippen LogP contribution < -0.4 is 0 Å². The normalized spacial score (nSPS) is 15.7. The van der Waals surface area contributed by atoms with Crippen LogP contribution in [0.15, 0.2) is 12.4 Å². The van der Waals surface area contributed by atoms with Gasteiger partial charge >= 0.3 is 0 Å². The molecule has 2 nitrogen and oxygen atoms in total. The van der Waals surface area contributed by atoms with E-state index in [1.165, 1.54) is 167 Å². The molecule has 0 saturated heterocycles. The largest absolute Gasteiger partial charge is 0.359 e. The van der Waals surface area contributed by atoms with Crippen molar-refractivity contribution in [2.45, 2.75) is 181 Å². The molecule has 0 radical (unpaired) electrons. The number of hydrogen-bond donors (Lipinski definition) is 0. The van der Waals surface area contributed by atoms with Crippen molar-refractivity contribution in [3.8, 4) is 0 Å². The summed E-state index contributed by atoms with van der Waals surface area (Å²) in [5.41, 5.74) is 0. The molecule has 1 heterocycles. The third-order valence-corrected chi connectivity index (χ3v) is 7.93. The molecule has 1 unspecified atom stereocenters. The molecule has 0 aromatic carbocycles. The Bertz CT molecular complexity index is 433. The van der Waals surface area contributed by atoms with E-state index in [1.807, 2.05) is 0 Å². The Kier molecular flexibility index (Phi) is 22.2. The van der Waals surface area contributed by atoms with Crippen LogP contribution in [-0.2, 0) is 0 Å². The third kappa shape index (κ3) is 17.7. The van der Waals surface area contributed by atoms with E-state index in [1.54, 1.807) is 0 Å². The molecular formula is C32H64N2. The summed E-state index contributed by atoms with van der Waals surface area (Å²) < 4.78 is 0. The summed E-state index contributed by atoms with van der Waals surface area (Å²) in [6.45, 7) is 5.85. The van der Waals surface area contributed by atoms with Gasteiger partial charge in [-0.2, -0.15) is 0 Å². The van der Waals surface area contributed by atoms with Gasteiger partial charge in [-0.05, 0) is 19.3 Å². The average molecular weight is 477 g/mol. The lowest BCUT2D eigenvalue weighted by molar-refractivity contribution is 0.159. The van der Waals surface area contributed by atoms with Crippen molar-refractivity contribution in [1.82, 2.24) is 9.80 Å². The lowest BCUT2D eigenvalue weighted by atomic mass is 10.0. The average Bonchev–Trinajstić information content (AvgIpc) is 3.19. The summed E-state index contributed by atoms with van der Waals surface area (Å²) >= 11 is 0. The van der Waals surface area contributed by atoms with Gasteiger partial charge in [0.1, 0.15) is 6.17 Å². The molecule has 2 heteroatoms. The third-order valence-electron chi connectivity index (χ3n) is 7.93. The van der Waals surface area contributed by atoms with E-state index in [4.69, 9.17) is 0 Å². The standard InChI is InChI=1S/C32H64N2/c1-4-6-8-10-12-13-14-15-16-17-18-19-20-21-22-24-26-28-32-33(3)30-31-34(32)29-27-25-23-11-9-7-5-2/h30-32H,4-29H2,1-3H3. The fourth-order valence-corrected chi connectivity index (χ4v) is 5.52. The fraction of sp³-hybridized carbons (Fsp3) is 0.938. The lowest BCUT2D eigenvalue weighted by Crippen LogP contribution is -2.37. The summed E-state index contributed by atoms with van der Waals surface area (Å²) in [4.78, 5) is 5.05. The maximum atomic E-state index is 2.61. The predicted octanol–water partition coefficient (Wildman–Crippen LogP) is 10.8. The molecule has 0 spiro atoms. The monoisotopic (exact) mass is 477 g/mol. The Morgan fingerprint density at radius 1 is 0.441 bits per heavy atom. The number of unbranched alkanes of at least 4 members (excludes halogenated alkanes) is 22. The van der Waals surface area contributed by atoms with Gasteiger partial charge < -0.3 is 9.80 Å². The summed E-state index contributed by atoms with van der Waals surface area (Å²) in [5, 5.41) is 0. The van der Waals surface area contributed by atoms with Crippen LogP contribution in [0.4, 0.5) is 0 Å². The van der Waals surface area contributed by atoms with Crippen molar-refractivity contribution in [3.05, 3.63) is 12.4 Å². The predicted molar refractivity (Wildman–Crippen MR) is 154 cm³/mol. The highest BCUT2D eigenvalue weighted by atomic mass is 15.4. The van der Waals surface area contributed by atoms with E-state index < -0.39 is 0 Å². The van der Waals surface area contributed by atoms with Gasteiger partial charge in [-0.25, -0.2) is 0 Å². The molecule has 1 rings (SSSR count). The smallest absolute Gasteiger partial charge is 0.100 e. The highest BCUT2D eigenvalue weighted by Crippen LogP contribution is 2.21. The molecule has 1 aliphatic heterocycles. The zero-order valence-electron chi connectivity index (χ0n) is 24.0. The topological polar surface area (TPSA) is 6.48 Å². The van der Waals surface area contributed by atoms with Gasteiger partial charge in [0.2, 0.25) is 0 Å². The molecule has 1 atom stereocenters. The second-order valence-electron chi connectivity index (χ2n) is 11.2. The number of hydrogen-bond acceptors (Lipinski definition) is 2. The van der Waals surface area contributed by atoms with Gasteiger partial charge in [0.15, 0.2) is 0 Å². The van der Waals surface area contributed by atoms with E-state index in [2.05, 4.69) is 43.1 Å². The van der Waals surface area contributed by atoms with Gasteiger partial charge in [0, 0.05) is 26.0 Å². The Morgan fingerprint density at radius 2 is 0.794 bits per heavy atom. The molecule has 202 valence electrons. The summed E-state index contributed by atoms with van der Waals surface area (Å²) in [6.07, 6.45) is 41.2. The van der Waals surface area contributed by atoms with Crippen LogP contribution >= 0.6 is 0 Å². The first-order valence-electron chi connectivity index (χ1n) is 16.0. The first kappa shape index (κ1) is 31.4. The van der Waals surface area contributed by atoms with E-state index in [9.17, 15) is 0 Å². The Labute approximate surface area is 216 Å². The first-order chi connectivity index (χ1) is 16.8. The Hall–Kier alpha value is -0.660. The van der Waals surface area contributed by atoms with Crippen LogP contribution in [0, 0.1) is 0 Å². The van der Waals surface area contributed by atoms with Crippen LogP contribution in [0.25, 0.3) is 0 Å². The van der Waals surface area contributed by atoms with Crippen molar-refractivity contribution in [2.24, 2.45) is 0 Å². The van der Waals surface area contributed by atoms with E-state index in [0.29, 0.717) is 6.17 Å². The number of nitrogens with zero attached hydrogens (tertiary/aromatic N) is 2. The minimum absolute atomic E-state index is 0.622. The Balaban J connectivity index is 1.86. The van der Waals surface area contributed by atoms with E-state index in [0.717, 1.165) is 0 Å². The molecule has 0 aromatic rings. The van der Waals surface area contributed by atoms with Crippen molar-refractivity contribution >= 4 is 0 Å². The lowest BCUT2D eigenvalue weighted by Gasteiger charge is -2.30. The van der Waals surface area contributed by atoms with Gasteiger partial charge in [0.05, 0.1) is 0 Å². The van der Waals surface area contributed by atoms with Crippen molar-refractivity contribution < 1.29 is 0 Å². The van der Waals surface area contributed by atoms with Crippen LogP contribution in [0.2, 0.25) is 0 Å². The van der Waals surface area contributed by atoms with Crippen LogP contribution in [-0.4, -0.2) is 29.6 Å². The molecule has 1 aliphatic rings. The quantitative estimate of drug-likeness (QED) is 0.114. The molecule has 34 heavy (non-hydrogen) atoms.